The number of carboxylic acid groups (broad SMARTS) is 1. The highest BCUT2D eigenvalue weighted by atomic mass is 16.4. The van der Waals surface area contributed by atoms with Crippen LogP contribution in [-0.2, 0) is 16.1 Å². The van der Waals surface area contributed by atoms with Gasteiger partial charge in [0.15, 0.2) is 0 Å². The summed E-state index contributed by atoms with van der Waals surface area (Å²) in [6.45, 7) is 0.279. The Hall–Kier alpha value is -2.82. The average Bonchev–Trinajstić information content (AvgIpc) is 2.46. The van der Waals surface area contributed by atoms with Gasteiger partial charge in [-0.15, -0.1) is 0 Å². The first-order valence-corrected chi connectivity index (χ1v) is 6.48. The zero-order chi connectivity index (χ0) is 15.2. The number of rotatable bonds is 5. The molecule has 0 heterocycles. The van der Waals surface area contributed by atoms with Crippen LogP contribution in [0.3, 0.4) is 0 Å². The van der Waals surface area contributed by atoms with Gasteiger partial charge in [-0.2, -0.15) is 0 Å². The van der Waals surface area contributed by atoms with Crippen molar-refractivity contribution in [2.24, 2.45) is 0 Å². The highest BCUT2D eigenvalue weighted by Crippen LogP contribution is 2.25. The van der Waals surface area contributed by atoms with E-state index in [4.69, 9.17) is 10.8 Å². The van der Waals surface area contributed by atoms with E-state index >= 15 is 0 Å². The van der Waals surface area contributed by atoms with E-state index in [1.54, 1.807) is 24.3 Å². The van der Waals surface area contributed by atoms with Crippen LogP contribution in [0.15, 0.2) is 54.6 Å². The van der Waals surface area contributed by atoms with E-state index < -0.39 is 18.3 Å². The van der Waals surface area contributed by atoms with Crippen molar-refractivity contribution in [2.75, 3.05) is 10.6 Å². The second-order valence-electron chi connectivity index (χ2n) is 4.59. The van der Waals surface area contributed by atoms with Gasteiger partial charge in [-0.1, -0.05) is 42.5 Å². The van der Waals surface area contributed by atoms with Gasteiger partial charge >= 0.3 is 5.97 Å². The molecule has 0 fully saturated rings. The summed E-state index contributed by atoms with van der Waals surface area (Å²) < 4.78 is 0. The zero-order valence-electron chi connectivity index (χ0n) is 11.4. The van der Waals surface area contributed by atoms with Crippen LogP contribution in [0.2, 0.25) is 0 Å². The van der Waals surface area contributed by atoms with Crippen molar-refractivity contribution in [1.82, 2.24) is 0 Å². The molecule has 0 atom stereocenters. The topological polar surface area (TPSA) is 83.6 Å². The SMILES string of the molecule is Nc1ccccc1N(Cc1ccccc1)C(=O)CC(=O)O. The van der Waals surface area contributed by atoms with Crippen molar-refractivity contribution >= 4 is 23.3 Å². The minimum atomic E-state index is -1.16. The number of amides is 1. The lowest BCUT2D eigenvalue weighted by Crippen LogP contribution is -2.32. The van der Waals surface area contributed by atoms with Crippen LogP contribution in [-0.4, -0.2) is 17.0 Å². The summed E-state index contributed by atoms with van der Waals surface area (Å²) in [5.74, 6) is -1.66. The summed E-state index contributed by atoms with van der Waals surface area (Å²) >= 11 is 0. The van der Waals surface area contributed by atoms with Gasteiger partial charge in [-0.3, -0.25) is 9.59 Å². The van der Waals surface area contributed by atoms with E-state index in [-0.39, 0.29) is 6.54 Å². The second-order valence-corrected chi connectivity index (χ2v) is 4.59. The van der Waals surface area contributed by atoms with E-state index in [1.165, 1.54) is 4.90 Å². The molecule has 0 aromatic heterocycles. The van der Waals surface area contributed by atoms with Crippen LogP contribution in [0.1, 0.15) is 12.0 Å². The normalized spacial score (nSPS) is 10.1. The number of hydrogen-bond donors (Lipinski definition) is 2. The molecule has 0 aliphatic carbocycles. The first-order valence-electron chi connectivity index (χ1n) is 6.48. The van der Waals surface area contributed by atoms with Crippen LogP contribution >= 0.6 is 0 Å². The number of anilines is 2. The number of nitrogen functional groups attached to an aromatic ring is 1. The summed E-state index contributed by atoms with van der Waals surface area (Å²) in [7, 11) is 0. The van der Waals surface area contributed by atoms with Gasteiger partial charge < -0.3 is 15.7 Å². The summed E-state index contributed by atoms with van der Waals surface area (Å²) in [6.07, 6.45) is -0.568. The average molecular weight is 284 g/mol. The summed E-state index contributed by atoms with van der Waals surface area (Å²) in [5.41, 5.74) is 7.76. The van der Waals surface area contributed by atoms with E-state index in [0.29, 0.717) is 11.4 Å². The Kier molecular flexibility index (Phi) is 4.56. The van der Waals surface area contributed by atoms with Crippen LogP contribution in [0.5, 0.6) is 0 Å². The molecule has 0 aliphatic heterocycles. The van der Waals surface area contributed by atoms with Crippen molar-refractivity contribution in [1.29, 1.82) is 0 Å². The number of nitrogens with zero attached hydrogens (tertiary/aromatic N) is 1. The number of para-hydroxylation sites is 2. The molecular formula is C16H16N2O3. The minimum Gasteiger partial charge on any atom is -0.481 e. The van der Waals surface area contributed by atoms with E-state index in [0.717, 1.165) is 5.56 Å². The van der Waals surface area contributed by atoms with Crippen LogP contribution in [0, 0.1) is 0 Å². The summed E-state index contributed by atoms with van der Waals surface area (Å²) in [6, 6.07) is 16.3. The van der Waals surface area contributed by atoms with Gasteiger partial charge in [0.1, 0.15) is 6.42 Å². The maximum atomic E-state index is 12.2. The van der Waals surface area contributed by atoms with Gasteiger partial charge in [-0.05, 0) is 17.7 Å². The first kappa shape index (κ1) is 14.6. The van der Waals surface area contributed by atoms with Crippen molar-refractivity contribution in [2.45, 2.75) is 13.0 Å². The summed E-state index contributed by atoms with van der Waals surface area (Å²) in [5, 5.41) is 8.84. The standard InChI is InChI=1S/C16H16N2O3/c17-13-8-4-5-9-14(13)18(15(19)10-16(20)21)11-12-6-2-1-3-7-12/h1-9H,10-11,17H2,(H,20,21). The molecule has 0 saturated heterocycles. The van der Waals surface area contributed by atoms with Gasteiger partial charge in [-0.25, -0.2) is 0 Å². The number of carbonyl (C=O) groups excluding carboxylic acids is 1. The highest BCUT2D eigenvalue weighted by molar-refractivity contribution is 6.04. The van der Waals surface area contributed by atoms with Crippen molar-refractivity contribution in [3.05, 3.63) is 60.2 Å². The van der Waals surface area contributed by atoms with Crippen LogP contribution in [0.4, 0.5) is 11.4 Å². The molecule has 21 heavy (non-hydrogen) atoms. The number of aliphatic carboxylic acids is 1. The number of hydrogen-bond acceptors (Lipinski definition) is 3. The number of nitrogens with two attached hydrogens (primary N) is 1. The molecule has 3 N–H and O–H groups in total. The fourth-order valence-electron chi connectivity index (χ4n) is 2.03. The van der Waals surface area contributed by atoms with E-state index in [1.807, 2.05) is 30.3 Å². The molecule has 108 valence electrons. The van der Waals surface area contributed by atoms with Crippen LogP contribution < -0.4 is 10.6 Å². The molecule has 2 aromatic carbocycles. The lowest BCUT2D eigenvalue weighted by Gasteiger charge is -2.23. The number of carbonyl (C=O) groups is 2. The van der Waals surface area contributed by atoms with Crippen molar-refractivity contribution < 1.29 is 14.7 Å². The molecule has 0 bridgehead atoms. The molecule has 0 radical (unpaired) electrons. The third-order valence-electron chi connectivity index (χ3n) is 3.01. The van der Waals surface area contributed by atoms with Gasteiger partial charge in [0.2, 0.25) is 5.91 Å². The van der Waals surface area contributed by atoms with Crippen molar-refractivity contribution in [3.8, 4) is 0 Å². The number of carboxylic acids is 1. The Morgan fingerprint density at radius 3 is 2.24 bits per heavy atom. The smallest absolute Gasteiger partial charge is 0.312 e. The van der Waals surface area contributed by atoms with E-state index in [9.17, 15) is 9.59 Å². The third-order valence-corrected chi connectivity index (χ3v) is 3.01. The Bertz CT molecular complexity index is 641. The number of benzene rings is 2. The fraction of sp³-hybridized carbons (Fsp3) is 0.125. The zero-order valence-corrected chi connectivity index (χ0v) is 11.4. The minimum absolute atomic E-state index is 0.279. The summed E-state index contributed by atoms with van der Waals surface area (Å²) in [4.78, 5) is 24.4. The highest BCUT2D eigenvalue weighted by Gasteiger charge is 2.20. The monoisotopic (exact) mass is 284 g/mol. The molecule has 0 unspecified atom stereocenters. The van der Waals surface area contributed by atoms with Crippen molar-refractivity contribution in [3.63, 3.8) is 0 Å². The molecule has 2 aromatic rings. The Morgan fingerprint density at radius 2 is 1.62 bits per heavy atom. The second kappa shape index (κ2) is 6.56. The lowest BCUT2D eigenvalue weighted by molar-refractivity contribution is -0.140. The Labute approximate surface area is 122 Å². The Balaban J connectivity index is 2.33. The molecule has 0 spiro atoms. The predicted molar refractivity (Wildman–Crippen MR) is 80.7 cm³/mol. The van der Waals surface area contributed by atoms with Gasteiger partial charge in [0.25, 0.3) is 0 Å². The molecule has 0 aliphatic rings. The molecule has 5 nitrogen and oxygen atoms in total. The Morgan fingerprint density at radius 1 is 1.00 bits per heavy atom. The fourth-order valence-corrected chi connectivity index (χ4v) is 2.03. The molecule has 0 saturated carbocycles. The lowest BCUT2D eigenvalue weighted by atomic mass is 10.1. The maximum absolute atomic E-state index is 12.2. The molecular weight excluding hydrogens is 268 g/mol. The maximum Gasteiger partial charge on any atom is 0.312 e. The van der Waals surface area contributed by atoms with Gasteiger partial charge in [0.05, 0.1) is 17.9 Å². The van der Waals surface area contributed by atoms with E-state index in [2.05, 4.69) is 0 Å². The molecule has 2 rings (SSSR count). The van der Waals surface area contributed by atoms with Gasteiger partial charge in [0, 0.05) is 0 Å². The first-order chi connectivity index (χ1) is 10.1. The predicted octanol–water partition coefficient (Wildman–Crippen LogP) is 2.28. The largest absolute Gasteiger partial charge is 0.481 e. The molecule has 5 heteroatoms. The van der Waals surface area contributed by atoms with Crippen LogP contribution in [0.25, 0.3) is 0 Å². The quantitative estimate of drug-likeness (QED) is 0.651. The third kappa shape index (κ3) is 3.82. The molecule has 1 amide bonds.